The van der Waals surface area contributed by atoms with Gasteiger partial charge in [0.2, 0.25) is 10.0 Å². The summed E-state index contributed by atoms with van der Waals surface area (Å²) < 4.78 is 37.4. The summed E-state index contributed by atoms with van der Waals surface area (Å²) in [4.78, 5) is 0. The SMILES string of the molecule is C=C(C)CS(=O)(=O)N1CCOC[C@@H]1c1ccc(CC)o1. The lowest BCUT2D eigenvalue weighted by Gasteiger charge is -2.33. The third kappa shape index (κ3) is 3.31. The van der Waals surface area contributed by atoms with E-state index in [0.29, 0.717) is 31.1 Å². The molecule has 1 aromatic rings. The van der Waals surface area contributed by atoms with E-state index in [9.17, 15) is 8.42 Å². The predicted octanol–water partition coefficient (Wildman–Crippen LogP) is 2.12. The topological polar surface area (TPSA) is 59.8 Å². The van der Waals surface area contributed by atoms with Crippen LogP contribution in [-0.2, 0) is 21.2 Å². The maximum atomic E-state index is 12.4. The number of hydrogen-bond acceptors (Lipinski definition) is 4. The van der Waals surface area contributed by atoms with Gasteiger partial charge in [0.25, 0.3) is 0 Å². The molecule has 2 rings (SSSR count). The molecular formula is C14H21NO4S. The summed E-state index contributed by atoms with van der Waals surface area (Å²) in [6, 6.07) is 3.34. The lowest BCUT2D eigenvalue weighted by atomic mass is 10.2. The van der Waals surface area contributed by atoms with E-state index in [4.69, 9.17) is 9.15 Å². The van der Waals surface area contributed by atoms with E-state index >= 15 is 0 Å². The van der Waals surface area contributed by atoms with Gasteiger partial charge in [-0.15, -0.1) is 0 Å². The van der Waals surface area contributed by atoms with Crippen molar-refractivity contribution >= 4 is 10.0 Å². The van der Waals surface area contributed by atoms with E-state index in [2.05, 4.69) is 6.58 Å². The Morgan fingerprint density at radius 2 is 2.25 bits per heavy atom. The first-order valence-electron chi connectivity index (χ1n) is 6.74. The van der Waals surface area contributed by atoms with Crippen LogP contribution >= 0.6 is 0 Å². The maximum absolute atomic E-state index is 12.4. The Morgan fingerprint density at radius 1 is 1.50 bits per heavy atom. The molecule has 0 aromatic carbocycles. The Hall–Kier alpha value is -1.11. The van der Waals surface area contributed by atoms with Crippen molar-refractivity contribution in [1.82, 2.24) is 4.31 Å². The molecule has 1 aliphatic heterocycles. The second-order valence-corrected chi connectivity index (χ2v) is 6.99. The van der Waals surface area contributed by atoms with E-state index in [0.717, 1.165) is 12.2 Å². The van der Waals surface area contributed by atoms with Crippen molar-refractivity contribution < 1.29 is 17.6 Å². The number of morpholine rings is 1. The summed E-state index contributed by atoms with van der Waals surface area (Å²) in [6.45, 7) is 8.49. The highest BCUT2D eigenvalue weighted by molar-refractivity contribution is 7.89. The summed E-state index contributed by atoms with van der Waals surface area (Å²) in [5, 5.41) is 0. The van der Waals surface area contributed by atoms with Gasteiger partial charge < -0.3 is 9.15 Å². The highest BCUT2D eigenvalue weighted by Gasteiger charge is 2.35. The standard InChI is InChI=1S/C14H21NO4S/c1-4-12-5-6-14(19-12)13-9-18-8-7-15(13)20(16,17)10-11(2)3/h5-6,13H,2,4,7-10H2,1,3H3/t13-/m1/s1. The third-order valence-electron chi connectivity index (χ3n) is 3.22. The fourth-order valence-corrected chi connectivity index (χ4v) is 4.00. The van der Waals surface area contributed by atoms with Crippen molar-refractivity contribution in [2.24, 2.45) is 0 Å². The molecule has 1 fully saturated rings. The first-order chi connectivity index (χ1) is 9.44. The quantitative estimate of drug-likeness (QED) is 0.781. The molecule has 1 aromatic heterocycles. The van der Waals surface area contributed by atoms with Crippen LogP contribution in [-0.4, -0.2) is 38.2 Å². The van der Waals surface area contributed by atoms with Crippen LogP contribution in [0, 0.1) is 0 Å². The summed E-state index contributed by atoms with van der Waals surface area (Å²) in [7, 11) is -3.38. The molecule has 1 saturated heterocycles. The van der Waals surface area contributed by atoms with Gasteiger partial charge in [0.15, 0.2) is 0 Å². The van der Waals surface area contributed by atoms with Crippen LogP contribution in [0.3, 0.4) is 0 Å². The Labute approximate surface area is 120 Å². The summed E-state index contributed by atoms with van der Waals surface area (Å²) in [6.07, 6.45) is 0.784. The van der Waals surface area contributed by atoms with Crippen molar-refractivity contribution in [3.8, 4) is 0 Å². The molecule has 1 atom stereocenters. The van der Waals surface area contributed by atoms with Gasteiger partial charge in [-0.2, -0.15) is 4.31 Å². The first kappa shape index (κ1) is 15.3. The van der Waals surface area contributed by atoms with Crippen LogP contribution < -0.4 is 0 Å². The number of aryl methyl sites for hydroxylation is 1. The Bertz CT molecular complexity index is 576. The van der Waals surface area contributed by atoms with Gasteiger partial charge in [-0.1, -0.05) is 19.1 Å². The van der Waals surface area contributed by atoms with Gasteiger partial charge >= 0.3 is 0 Å². The van der Waals surface area contributed by atoms with Crippen LogP contribution in [0.4, 0.5) is 0 Å². The Kier molecular flexibility index (Phi) is 4.67. The monoisotopic (exact) mass is 299 g/mol. The third-order valence-corrected chi connectivity index (χ3v) is 5.23. The largest absolute Gasteiger partial charge is 0.464 e. The van der Waals surface area contributed by atoms with Crippen LogP contribution in [0.25, 0.3) is 0 Å². The van der Waals surface area contributed by atoms with Gasteiger partial charge in [-0.3, -0.25) is 0 Å². The second kappa shape index (κ2) is 6.11. The molecule has 0 spiro atoms. The molecular weight excluding hydrogens is 278 g/mol. The average molecular weight is 299 g/mol. The van der Waals surface area contributed by atoms with Gasteiger partial charge in [0.05, 0.1) is 19.0 Å². The molecule has 0 N–H and O–H groups in total. The minimum Gasteiger partial charge on any atom is -0.464 e. The zero-order valence-electron chi connectivity index (χ0n) is 12.0. The lowest BCUT2D eigenvalue weighted by Crippen LogP contribution is -2.44. The number of hydrogen-bond donors (Lipinski definition) is 0. The van der Waals surface area contributed by atoms with E-state index in [1.165, 1.54) is 4.31 Å². The van der Waals surface area contributed by atoms with Crippen molar-refractivity contribution in [1.29, 1.82) is 0 Å². The van der Waals surface area contributed by atoms with Crippen molar-refractivity contribution in [2.75, 3.05) is 25.5 Å². The smallest absolute Gasteiger partial charge is 0.218 e. The van der Waals surface area contributed by atoms with E-state index < -0.39 is 10.0 Å². The summed E-state index contributed by atoms with van der Waals surface area (Å²) >= 11 is 0. The van der Waals surface area contributed by atoms with Crippen LogP contribution in [0.5, 0.6) is 0 Å². The first-order valence-corrected chi connectivity index (χ1v) is 8.35. The number of rotatable bonds is 5. The molecule has 6 heteroatoms. The van der Waals surface area contributed by atoms with Gasteiger partial charge in [0, 0.05) is 13.0 Å². The molecule has 0 bridgehead atoms. The average Bonchev–Trinajstić information content (AvgIpc) is 2.86. The predicted molar refractivity (Wildman–Crippen MR) is 77.0 cm³/mol. The number of sulfonamides is 1. The van der Waals surface area contributed by atoms with Gasteiger partial charge in [-0.25, -0.2) is 8.42 Å². The molecule has 112 valence electrons. The highest BCUT2D eigenvalue weighted by atomic mass is 32.2. The number of ether oxygens (including phenoxy) is 1. The summed E-state index contributed by atoms with van der Waals surface area (Å²) in [5.74, 6) is 1.46. The zero-order chi connectivity index (χ0) is 14.8. The molecule has 2 heterocycles. The Balaban J connectivity index is 2.27. The molecule has 5 nitrogen and oxygen atoms in total. The normalized spacial score (nSPS) is 21.0. The second-order valence-electron chi connectivity index (χ2n) is 5.07. The van der Waals surface area contributed by atoms with E-state index in [-0.39, 0.29) is 11.8 Å². The van der Waals surface area contributed by atoms with Gasteiger partial charge in [-0.05, 0) is 19.1 Å². The van der Waals surface area contributed by atoms with Crippen molar-refractivity contribution in [2.45, 2.75) is 26.3 Å². The van der Waals surface area contributed by atoms with Crippen molar-refractivity contribution in [3.63, 3.8) is 0 Å². The number of nitrogens with zero attached hydrogens (tertiary/aromatic N) is 1. The van der Waals surface area contributed by atoms with E-state index in [1.807, 2.05) is 19.1 Å². The highest BCUT2D eigenvalue weighted by Crippen LogP contribution is 2.29. The van der Waals surface area contributed by atoms with Crippen LogP contribution in [0.15, 0.2) is 28.7 Å². The minimum atomic E-state index is -3.38. The lowest BCUT2D eigenvalue weighted by molar-refractivity contribution is 0.0242. The molecule has 1 aliphatic rings. The van der Waals surface area contributed by atoms with Crippen molar-refractivity contribution in [3.05, 3.63) is 35.8 Å². The summed E-state index contributed by atoms with van der Waals surface area (Å²) in [5.41, 5.74) is 0.629. The van der Waals surface area contributed by atoms with Crippen LogP contribution in [0.2, 0.25) is 0 Å². The minimum absolute atomic E-state index is 0.0369. The molecule has 20 heavy (non-hydrogen) atoms. The zero-order valence-corrected chi connectivity index (χ0v) is 12.8. The maximum Gasteiger partial charge on any atom is 0.218 e. The fourth-order valence-electron chi connectivity index (χ4n) is 2.30. The molecule has 0 aliphatic carbocycles. The molecule has 0 amide bonds. The molecule has 0 radical (unpaired) electrons. The van der Waals surface area contributed by atoms with Crippen LogP contribution in [0.1, 0.15) is 31.4 Å². The van der Waals surface area contributed by atoms with E-state index in [1.54, 1.807) is 6.92 Å². The molecule has 0 unspecified atom stereocenters. The fraction of sp³-hybridized carbons (Fsp3) is 0.571. The number of furan rings is 1. The van der Waals surface area contributed by atoms with Gasteiger partial charge in [0.1, 0.15) is 17.6 Å². The molecule has 0 saturated carbocycles. The Morgan fingerprint density at radius 3 is 2.85 bits per heavy atom.